The second kappa shape index (κ2) is 10.2. The van der Waals surface area contributed by atoms with Gasteiger partial charge in [0.1, 0.15) is 10.0 Å². The molecule has 0 saturated heterocycles. The maximum absolute atomic E-state index is 13.2. The zero-order valence-electron chi connectivity index (χ0n) is 21.0. The van der Waals surface area contributed by atoms with Gasteiger partial charge in [-0.2, -0.15) is 0 Å². The van der Waals surface area contributed by atoms with E-state index in [0.29, 0.717) is 12.5 Å². The van der Waals surface area contributed by atoms with E-state index >= 15 is 0 Å². The van der Waals surface area contributed by atoms with E-state index in [1.54, 1.807) is 22.7 Å². The van der Waals surface area contributed by atoms with E-state index in [1.807, 2.05) is 24.3 Å². The number of hydrogen-bond acceptors (Lipinski definition) is 5. The van der Waals surface area contributed by atoms with Gasteiger partial charge in [-0.1, -0.05) is 66.7 Å². The number of nitrogens with zero attached hydrogens (tertiary/aromatic N) is 2. The second-order valence-corrected chi connectivity index (χ2v) is 11.9. The Morgan fingerprint density at radius 3 is 2.43 bits per heavy atom. The fourth-order valence-corrected chi connectivity index (χ4v) is 7.36. The van der Waals surface area contributed by atoms with Crippen LogP contribution in [0.2, 0.25) is 0 Å². The molecule has 1 amide bonds. The Hall–Kier alpha value is -3.32. The summed E-state index contributed by atoms with van der Waals surface area (Å²) in [5.41, 5.74) is 6.83. The first-order valence-electron chi connectivity index (χ1n) is 12.7. The Kier molecular flexibility index (Phi) is 6.63. The van der Waals surface area contributed by atoms with Gasteiger partial charge in [0, 0.05) is 29.6 Å². The van der Waals surface area contributed by atoms with Crippen LogP contribution in [-0.2, 0) is 24.2 Å². The van der Waals surface area contributed by atoms with Gasteiger partial charge in [-0.05, 0) is 54.7 Å². The lowest BCUT2D eigenvalue weighted by atomic mass is 10.0. The highest BCUT2D eigenvalue weighted by Gasteiger charge is 2.28. The van der Waals surface area contributed by atoms with Crippen molar-refractivity contribution < 1.29 is 4.79 Å². The molecular weight excluding hydrogens is 494 g/mol. The van der Waals surface area contributed by atoms with Crippen molar-refractivity contribution in [2.75, 3.05) is 11.9 Å². The molecule has 0 aliphatic carbocycles. The molecule has 3 heterocycles. The quantitative estimate of drug-likeness (QED) is 0.249. The summed E-state index contributed by atoms with van der Waals surface area (Å²) in [7, 11) is 0. The summed E-state index contributed by atoms with van der Waals surface area (Å²) in [6.07, 6.45) is 1.32. The Labute approximate surface area is 225 Å². The number of nitrogens with one attached hydrogen (secondary N) is 1. The maximum atomic E-state index is 13.2. The average Bonchev–Trinajstić information content (AvgIpc) is 3.49. The van der Waals surface area contributed by atoms with E-state index in [1.165, 1.54) is 20.7 Å². The normalized spacial score (nSPS) is 13.7. The number of benzene rings is 3. The number of para-hydroxylation sites is 1. The molecule has 1 aliphatic heterocycles. The molecule has 4 nitrogen and oxygen atoms in total. The largest absolute Gasteiger partial charge is 0.317 e. The van der Waals surface area contributed by atoms with Crippen LogP contribution in [0.3, 0.4) is 0 Å². The third-order valence-electron chi connectivity index (χ3n) is 7.00. The third-order valence-corrected chi connectivity index (χ3v) is 9.19. The maximum Gasteiger partial charge on any atom is 0.229 e. The molecule has 6 heteroatoms. The van der Waals surface area contributed by atoms with Crippen LogP contribution in [0.15, 0.2) is 78.9 Å². The van der Waals surface area contributed by atoms with Crippen LogP contribution in [-0.4, -0.2) is 28.4 Å². The average molecular weight is 524 g/mol. The van der Waals surface area contributed by atoms with Gasteiger partial charge in [0.15, 0.2) is 0 Å². The van der Waals surface area contributed by atoms with E-state index in [-0.39, 0.29) is 5.91 Å². The molecular formula is C31H29N3OS2. The van der Waals surface area contributed by atoms with Gasteiger partial charge in [-0.3, -0.25) is 9.69 Å². The smallest absolute Gasteiger partial charge is 0.229 e. The molecule has 186 valence electrons. The molecule has 0 unspecified atom stereocenters. The van der Waals surface area contributed by atoms with Crippen molar-refractivity contribution in [1.29, 1.82) is 0 Å². The van der Waals surface area contributed by atoms with E-state index in [9.17, 15) is 4.79 Å². The molecule has 0 radical (unpaired) electrons. The molecule has 37 heavy (non-hydrogen) atoms. The number of carbonyl (C=O) groups is 1. The van der Waals surface area contributed by atoms with Crippen molar-refractivity contribution in [2.45, 2.75) is 39.3 Å². The Morgan fingerprint density at radius 2 is 1.68 bits per heavy atom. The Balaban J connectivity index is 1.28. The lowest BCUT2D eigenvalue weighted by Crippen LogP contribution is -2.35. The highest BCUT2D eigenvalue weighted by molar-refractivity contribution is 7.22. The van der Waals surface area contributed by atoms with Gasteiger partial charge in [0.05, 0.1) is 16.6 Å². The van der Waals surface area contributed by atoms with Crippen LogP contribution < -0.4 is 5.32 Å². The first-order chi connectivity index (χ1) is 18.0. The van der Waals surface area contributed by atoms with Crippen molar-refractivity contribution in [3.8, 4) is 21.7 Å². The van der Waals surface area contributed by atoms with Crippen LogP contribution in [0.4, 0.5) is 5.00 Å². The number of thiazole rings is 1. The summed E-state index contributed by atoms with van der Waals surface area (Å²) in [6.45, 7) is 6.45. The number of amides is 1. The van der Waals surface area contributed by atoms with Gasteiger partial charge < -0.3 is 5.32 Å². The van der Waals surface area contributed by atoms with Crippen molar-refractivity contribution in [1.82, 2.24) is 9.88 Å². The van der Waals surface area contributed by atoms with Crippen molar-refractivity contribution in [3.05, 3.63) is 94.9 Å². The molecule has 0 saturated carbocycles. The summed E-state index contributed by atoms with van der Waals surface area (Å²) >= 11 is 3.43. The lowest BCUT2D eigenvalue weighted by Gasteiger charge is -2.30. The summed E-state index contributed by atoms with van der Waals surface area (Å²) in [4.78, 5) is 22.1. The molecule has 0 spiro atoms. The summed E-state index contributed by atoms with van der Waals surface area (Å²) in [5, 5.41) is 5.21. The standard InChI is InChI=1S/C31H29N3OS2/c1-20(2)34-17-16-24-27(19-34)37-31(29(24)30-32-25-10-6-7-11-26(25)36-30)33-28(35)18-21-12-14-23(15-13-21)22-8-4-3-5-9-22/h3-15,20H,16-19H2,1-2H3,(H,33,35). The van der Waals surface area contributed by atoms with E-state index in [0.717, 1.165) is 51.7 Å². The van der Waals surface area contributed by atoms with Crippen LogP contribution >= 0.6 is 22.7 Å². The monoisotopic (exact) mass is 523 g/mol. The zero-order valence-corrected chi connectivity index (χ0v) is 22.7. The SMILES string of the molecule is CC(C)N1CCc2c(sc(NC(=O)Cc3ccc(-c4ccccc4)cc3)c2-c2nc3ccccc3s2)C1. The van der Waals surface area contributed by atoms with Crippen LogP contribution in [0.1, 0.15) is 29.9 Å². The van der Waals surface area contributed by atoms with Gasteiger partial charge in [0.25, 0.3) is 0 Å². The lowest BCUT2D eigenvalue weighted by molar-refractivity contribution is -0.115. The molecule has 2 aromatic heterocycles. The predicted molar refractivity (Wildman–Crippen MR) is 156 cm³/mol. The number of anilines is 1. The number of fused-ring (bicyclic) bond motifs is 2. The van der Waals surface area contributed by atoms with Crippen LogP contribution in [0, 0.1) is 0 Å². The first kappa shape index (κ1) is 24.0. The van der Waals surface area contributed by atoms with Crippen molar-refractivity contribution >= 4 is 43.8 Å². The topological polar surface area (TPSA) is 45.2 Å². The van der Waals surface area contributed by atoms with E-state index < -0.39 is 0 Å². The minimum absolute atomic E-state index is 0.00846. The number of thiophene rings is 1. The van der Waals surface area contributed by atoms with Crippen molar-refractivity contribution in [2.24, 2.45) is 0 Å². The summed E-state index contributed by atoms with van der Waals surface area (Å²) in [5.74, 6) is 0.00846. The van der Waals surface area contributed by atoms with E-state index in [2.05, 4.69) is 78.7 Å². The molecule has 6 rings (SSSR count). The minimum Gasteiger partial charge on any atom is -0.317 e. The Bertz CT molecular complexity index is 1520. The number of rotatable bonds is 6. The highest BCUT2D eigenvalue weighted by atomic mass is 32.1. The minimum atomic E-state index is 0.00846. The van der Waals surface area contributed by atoms with Crippen LogP contribution in [0.5, 0.6) is 0 Å². The molecule has 0 atom stereocenters. The fraction of sp³-hybridized carbons (Fsp3) is 0.226. The molecule has 1 N–H and O–H groups in total. The summed E-state index contributed by atoms with van der Waals surface area (Å²) < 4.78 is 1.17. The van der Waals surface area contributed by atoms with Crippen molar-refractivity contribution in [3.63, 3.8) is 0 Å². The molecule has 5 aromatic rings. The Morgan fingerprint density at radius 1 is 0.946 bits per heavy atom. The van der Waals surface area contributed by atoms with Crippen LogP contribution in [0.25, 0.3) is 31.9 Å². The highest BCUT2D eigenvalue weighted by Crippen LogP contribution is 2.46. The van der Waals surface area contributed by atoms with Gasteiger partial charge >= 0.3 is 0 Å². The summed E-state index contributed by atoms with van der Waals surface area (Å²) in [6, 6.07) is 27.4. The van der Waals surface area contributed by atoms with E-state index in [4.69, 9.17) is 4.98 Å². The molecule has 3 aromatic carbocycles. The molecule has 0 bridgehead atoms. The predicted octanol–water partition coefficient (Wildman–Crippen LogP) is 7.64. The second-order valence-electron chi connectivity index (χ2n) is 9.80. The fourth-order valence-electron chi connectivity index (χ4n) is 4.96. The number of hydrogen-bond donors (Lipinski definition) is 1. The molecule has 0 fully saturated rings. The third kappa shape index (κ3) is 4.97. The van der Waals surface area contributed by atoms with Gasteiger partial charge in [-0.15, -0.1) is 22.7 Å². The van der Waals surface area contributed by atoms with Gasteiger partial charge in [0.2, 0.25) is 5.91 Å². The first-order valence-corrected chi connectivity index (χ1v) is 14.4. The molecule has 1 aliphatic rings. The number of carbonyl (C=O) groups excluding carboxylic acids is 1. The van der Waals surface area contributed by atoms with Gasteiger partial charge in [-0.25, -0.2) is 4.98 Å². The number of aromatic nitrogens is 1. The zero-order chi connectivity index (χ0) is 25.4.